The van der Waals surface area contributed by atoms with Crippen molar-refractivity contribution >= 4 is 57.7 Å². The molecule has 4 rings (SSSR count). The van der Waals surface area contributed by atoms with Gasteiger partial charge < -0.3 is 15.2 Å². The number of ether oxygens (including phenoxy) is 1. The molecule has 10 heteroatoms. The van der Waals surface area contributed by atoms with E-state index in [4.69, 9.17) is 21.4 Å². The van der Waals surface area contributed by atoms with Gasteiger partial charge in [0.1, 0.15) is 11.0 Å². The molecule has 190 valence electrons. The largest absolute Gasteiger partial charge is 0.497 e. The Labute approximate surface area is 223 Å². The number of amides is 2. The summed E-state index contributed by atoms with van der Waals surface area (Å²) in [7, 11) is 1.58. The topological polar surface area (TPSA) is 108 Å². The highest BCUT2D eigenvalue weighted by Crippen LogP contribution is 2.31. The van der Waals surface area contributed by atoms with Crippen LogP contribution in [0.1, 0.15) is 22.3 Å². The summed E-state index contributed by atoms with van der Waals surface area (Å²) in [5.74, 6) is -0.936. The number of carbonyl (C=O) groups excluding carboxylic acids is 2. The van der Waals surface area contributed by atoms with E-state index in [1.807, 2.05) is 12.1 Å². The highest BCUT2D eigenvalue weighted by Gasteiger charge is 2.35. The number of aliphatic imine (C=N–C) groups is 1. The lowest BCUT2D eigenvalue weighted by Gasteiger charge is -2.32. The van der Waals surface area contributed by atoms with Gasteiger partial charge in [0.05, 0.1) is 18.4 Å². The Kier molecular flexibility index (Phi) is 8.47. The Morgan fingerprint density at radius 3 is 2.38 bits per heavy atom. The Morgan fingerprint density at radius 2 is 1.76 bits per heavy atom. The number of halogens is 1. The van der Waals surface area contributed by atoms with E-state index in [-0.39, 0.29) is 23.8 Å². The number of carbonyl (C=O) groups is 3. The third-order valence-corrected chi connectivity index (χ3v) is 7.11. The van der Waals surface area contributed by atoms with Crippen molar-refractivity contribution < 1.29 is 24.2 Å². The van der Waals surface area contributed by atoms with E-state index in [1.54, 1.807) is 48.4 Å². The second kappa shape index (κ2) is 11.9. The Hall–Kier alpha value is -3.82. The van der Waals surface area contributed by atoms with Crippen LogP contribution in [0.4, 0.5) is 11.4 Å². The van der Waals surface area contributed by atoms with Crippen LogP contribution in [0.15, 0.2) is 77.8 Å². The molecule has 2 amide bonds. The molecule has 0 unspecified atom stereocenters. The third-order valence-electron chi connectivity index (χ3n) is 5.67. The number of carboxylic acid groups (broad SMARTS) is 1. The first-order valence-corrected chi connectivity index (χ1v) is 12.7. The van der Waals surface area contributed by atoms with E-state index >= 15 is 0 Å². The molecular formula is C27H24ClN3O5S. The molecule has 0 bridgehead atoms. The number of rotatable bonds is 8. The molecule has 3 aromatic carbocycles. The average molecular weight is 538 g/mol. The minimum absolute atomic E-state index is 0.00591. The zero-order valence-corrected chi connectivity index (χ0v) is 21.5. The number of hydrogen-bond donors (Lipinski definition) is 2. The van der Waals surface area contributed by atoms with Gasteiger partial charge in [-0.1, -0.05) is 35.5 Å². The summed E-state index contributed by atoms with van der Waals surface area (Å²) in [6.45, 7) is 0.396. The van der Waals surface area contributed by atoms with E-state index in [0.717, 1.165) is 5.56 Å². The van der Waals surface area contributed by atoms with Gasteiger partial charge >= 0.3 is 5.97 Å². The quantitative estimate of drug-likeness (QED) is 0.406. The molecule has 0 saturated carbocycles. The van der Waals surface area contributed by atoms with Crippen LogP contribution in [0.2, 0.25) is 5.02 Å². The predicted octanol–water partition coefficient (Wildman–Crippen LogP) is 5.25. The van der Waals surface area contributed by atoms with Crippen molar-refractivity contribution in [3.8, 4) is 5.75 Å². The number of benzene rings is 3. The molecule has 0 radical (unpaired) electrons. The molecule has 0 aliphatic carbocycles. The lowest BCUT2D eigenvalue weighted by Crippen LogP contribution is -2.46. The molecule has 1 aliphatic rings. The average Bonchev–Trinajstić information content (AvgIpc) is 2.90. The predicted molar refractivity (Wildman–Crippen MR) is 145 cm³/mol. The maximum atomic E-state index is 13.2. The normalized spacial score (nSPS) is 16.5. The van der Waals surface area contributed by atoms with E-state index in [2.05, 4.69) is 10.3 Å². The molecule has 1 saturated heterocycles. The van der Waals surface area contributed by atoms with Gasteiger partial charge in [-0.3, -0.25) is 14.5 Å². The van der Waals surface area contributed by atoms with Crippen molar-refractivity contribution in [3.05, 3.63) is 88.9 Å². The van der Waals surface area contributed by atoms with Gasteiger partial charge in [-0.05, 0) is 72.6 Å². The van der Waals surface area contributed by atoms with Crippen molar-refractivity contribution in [3.63, 3.8) is 0 Å². The monoisotopic (exact) mass is 537 g/mol. The molecule has 1 fully saturated rings. The molecule has 1 atom stereocenters. The number of carboxylic acids is 1. The van der Waals surface area contributed by atoms with Crippen LogP contribution in [0.5, 0.6) is 5.75 Å². The summed E-state index contributed by atoms with van der Waals surface area (Å²) in [6.07, 6.45) is 0.601. The molecule has 1 heterocycles. The fraction of sp³-hybridized carbons (Fsp3) is 0.185. The number of hydrogen-bond acceptors (Lipinski definition) is 6. The van der Waals surface area contributed by atoms with Crippen LogP contribution < -0.4 is 10.1 Å². The van der Waals surface area contributed by atoms with Gasteiger partial charge in [0.15, 0.2) is 5.17 Å². The second-order valence-electron chi connectivity index (χ2n) is 8.20. The Bertz CT molecular complexity index is 1310. The number of thioether (sulfide) groups is 1. The van der Waals surface area contributed by atoms with Crippen LogP contribution in [0.3, 0.4) is 0 Å². The number of nitrogens with zero attached hydrogens (tertiary/aromatic N) is 2. The van der Waals surface area contributed by atoms with Gasteiger partial charge in [0.25, 0.3) is 0 Å². The Balaban J connectivity index is 1.53. The van der Waals surface area contributed by atoms with Gasteiger partial charge in [0.2, 0.25) is 11.8 Å². The highest BCUT2D eigenvalue weighted by atomic mass is 35.5. The van der Waals surface area contributed by atoms with E-state index in [0.29, 0.717) is 40.3 Å². The minimum Gasteiger partial charge on any atom is -0.497 e. The van der Waals surface area contributed by atoms with Crippen LogP contribution >= 0.6 is 23.4 Å². The van der Waals surface area contributed by atoms with E-state index in [1.165, 1.54) is 36.0 Å². The lowest BCUT2D eigenvalue weighted by molar-refractivity contribution is -0.129. The molecule has 1 aliphatic heterocycles. The summed E-state index contributed by atoms with van der Waals surface area (Å²) in [4.78, 5) is 43.6. The molecular weight excluding hydrogens is 514 g/mol. The number of amidine groups is 1. The summed E-state index contributed by atoms with van der Waals surface area (Å²) >= 11 is 7.20. The number of aromatic carboxylic acids is 1. The van der Waals surface area contributed by atoms with Crippen molar-refractivity contribution in [2.75, 3.05) is 19.0 Å². The summed E-state index contributed by atoms with van der Waals surface area (Å²) < 4.78 is 5.21. The number of anilines is 1. The van der Waals surface area contributed by atoms with E-state index < -0.39 is 11.2 Å². The van der Waals surface area contributed by atoms with Gasteiger partial charge in [-0.2, -0.15) is 0 Å². The molecule has 0 aromatic heterocycles. The van der Waals surface area contributed by atoms with Crippen molar-refractivity contribution in [1.29, 1.82) is 0 Å². The number of nitrogens with one attached hydrogen (secondary N) is 1. The maximum absolute atomic E-state index is 13.2. The standard InChI is InChI=1S/C27H24ClN3O5S/c1-36-22-12-10-21(11-13-22)30-27-31(15-14-17-2-6-19(28)7-3-17)24(32)16-23(37-27)25(33)29-20-8-4-18(5-9-20)26(34)35/h2-13,23H,14-16H2,1H3,(H,29,33)(H,34,35)/t23-/m1/s1. The van der Waals surface area contributed by atoms with Crippen LogP contribution in [0, 0.1) is 0 Å². The first kappa shape index (κ1) is 26.2. The van der Waals surface area contributed by atoms with Crippen molar-refractivity contribution in [1.82, 2.24) is 4.90 Å². The van der Waals surface area contributed by atoms with Crippen molar-refractivity contribution in [2.24, 2.45) is 4.99 Å². The second-order valence-corrected chi connectivity index (χ2v) is 9.80. The summed E-state index contributed by atoms with van der Waals surface area (Å²) in [5, 5.41) is 12.2. The van der Waals surface area contributed by atoms with Crippen LogP contribution in [0.25, 0.3) is 0 Å². The highest BCUT2D eigenvalue weighted by molar-refractivity contribution is 8.15. The van der Waals surface area contributed by atoms with Crippen LogP contribution in [-0.4, -0.2) is 51.9 Å². The van der Waals surface area contributed by atoms with Gasteiger partial charge in [0, 0.05) is 23.7 Å². The molecule has 2 N–H and O–H groups in total. The first-order chi connectivity index (χ1) is 17.8. The molecule has 0 spiro atoms. The van der Waals surface area contributed by atoms with E-state index in [9.17, 15) is 14.4 Å². The molecule has 8 nitrogen and oxygen atoms in total. The summed E-state index contributed by atoms with van der Waals surface area (Å²) in [6, 6.07) is 20.4. The van der Waals surface area contributed by atoms with Crippen molar-refractivity contribution in [2.45, 2.75) is 18.1 Å². The zero-order chi connectivity index (χ0) is 26.4. The molecule has 3 aromatic rings. The van der Waals surface area contributed by atoms with Gasteiger partial charge in [-0.25, -0.2) is 9.79 Å². The lowest BCUT2D eigenvalue weighted by atomic mass is 10.1. The minimum atomic E-state index is -1.05. The molecule has 37 heavy (non-hydrogen) atoms. The van der Waals surface area contributed by atoms with Crippen LogP contribution in [-0.2, 0) is 16.0 Å². The van der Waals surface area contributed by atoms with Gasteiger partial charge in [-0.15, -0.1) is 0 Å². The SMILES string of the molecule is COc1ccc(N=C2S[C@@H](C(=O)Nc3ccc(C(=O)O)cc3)CC(=O)N2CCc2ccc(Cl)cc2)cc1. The summed E-state index contributed by atoms with van der Waals surface area (Å²) in [5.41, 5.74) is 2.21. The smallest absolute Gasteiger partial charge is 0.335 e. The first-order valence-electron chi connectivity index (χ1n) is 11.4. The maximum Gasteiger partial charge on any atom is 0.335 e. The zero-order valence-electron chi connectivity index (χ0n) is 19.9. The third kappa shape index (κ3) is 6.90. The number of methoxy groups -OCH3 is 1. The fourth-order valence-corrected chi connectivity index (χ4v) is 4.89. The Morgan fingerprint density at radius 1 is 1.08 bits per heavy atom. The fourth-order valence-electron chi connectivity index (χ4n) is 3.64.